The van der Waals surface area contributed by atoms with Crippen LogP contribution in [0.1, 0.15) is 6.42 Å². The number of morpholine rings is 1. The van der Waals surface area contributed by atoms with Crippen LogP contribution in [0.25, 0.3) is 17.2 Å². The van der Waals surface area contributed by atoms with Crippen LogP contribution in [0.5, 0.6) is 0 Å². The second-order valence-corrected chi connectivity index (χ2v) is 6.43. The summed E-state index contributed by atoms with van der Waals surface area (Å²) < 4.78 is 7.36. The van der Waals surface area contributed by atoms with Gasteiger partial charge in [0.15, 0.2) is 5.82 Å². The number of hydrogen-bond acceptors (Lipinski definition) is 6. The first-order valence-corrected chi connectivity index (χ1v) is 8.52. The molecular weight excluding hydrogens is 358 g/mol. The van der Waals surface area contributed by atoms with Gasteiger partial charge in [0, 0.05) is 25.5 Å². The molecule has 3 aromatic rings. The number of carboxylic acids is 1. The summed E-state index contributed by atoms with van der Waals surface area (Å²) in [5.74, 6) is 0.382. The zero-order valence-corrected chi connectivity index (χ0v) is 14.5. The van der Waals surface area contributed by atoms with Crippen molar-refractivity contribution >= 4 is 29.0 Å². The molecule has 1 fully saturated rings. The molecule has 0 aromatic carbocycles. The van der Waals surface area contributed by atoms with Crippen LogP contribution in [-0.2, 0) is 9.53 Å². The minimum absolute atomic E-state index is 0.0276. The molecule has 1 aliphatic rings. The first-order chi connectivity index (χ1) is 12.6. The summed E-state index contributed by atoms with van der Waals surface area (Å²) in [6, 6.07) is 5.41. The highest BCUT2D eigenvalue weighted by molar-refractivity contribution is 6.30. The van der Waals surface area contributed by atoms with E-state index in [0.29, 0.717) is 30.5 Å². The van der Waals surface area contributed by atoms with Gasteiger partial charge in [-0.05, 0) is 18.2 Å². The van der Waals surface area contributed by atoms with Crippen LogP contribution < -0.4 is 4.90 Å². The minimum atomic E-state index is -0.872. The van der Waals surface area contributed by atoms with Gasteiger partial charge in [0.05, 0.1) is 30.4 Å². The molecule has 0 aliphatic carbocycles. The van der Waals surface area contributed by atoms with Gasteiger partial charge in [-0.15, -0.1) is 0 Å². The van der Waals surface area contributed by atoms with Crippen molar-refractivity contribution in [3.63, 3.8) is 0 Å². The van der Waals surface area contributed by atoms with Gasteiger partial charge in [-0.1, -0.05) is 11.6 Å². The fourth-order valence-corrected chi connectivity index (χ4v) is 3.18. The van der Waals surface area contributed by atoms with Crippen molar-refractivity contribution in [2.24, 2.45) is 0 Å². The third-order valence-electron chi connectivity index (χ3n) is 4.20. The van der Waals surface area contributed by atoms with Crippen molar-refractivity contribution in [2.45, 2.75) is 12.5 Å². The van der Waals surface area contributed by atoms with Crippen LogP contribution in [-0.4, -0.2) is 56.2 Å². The van der Waals surface area contributed by atoms with Gasteiger partial charge in [-0.25, -0.2) is 15.0 Å². The van der Waals surface area contributed by atoms with Crippen molar-refractivity contribution < 1.29 is 14.6 Å². The third-order valence-corrected chi connectivity index (χ3v) is 4.43. The summed E-state index contributed by atoms with van der Waals surface area (Å²) in [6.07, 6.45) is 4.78. The number of ether oxygens (including phenoxy) is 1. The average molecular weight is 374 g/mol. The Morgan fingerprint density at radius 2 is 2.23 bits per heavy atom. The Balaban J connectivity index is 1.64. The molecule has 0 radical (unpaired) electrons. The van der Waals surface area contributed by atoms with E-state index in [2.05, 4.69) is 15.0 Å². The summed E-state index contributed by atoms with van der Waals surface area (Å²) in [7, 11) is 0. The molecule has 1 N–H and O–H groups in total. The van der Waals surface area contributed by atoms with E-state index in [0.717, 1.165) is 17.2 Å². The Labute approximate surface area is 154 Å². The molecule has 3 aromatic heterocycles. The zero-order chi connectivity index (χ0) is 18.1. The Kier molecular flexibility index (Phi) is 4.44. The SMILES string of the molecule is O=C(O)CC1CN(c2ccnc(-c3cnc4ccc(Cl)cn34)n2)CCO1. The number of anilines is 1. The van der Waals surface area contributed by atoms with E-state index in [1.54, 1.807) is 24.7 Å². The maximum Gasteiger partial charge on any atom is 0.306 e. The molecule has 134 valence electrons. The van der Waals surface area contributed by atoms with Crippen LogP contribution >= 0.6 is 11.6 Å². The predicted octanol–water partition coefficient (Wildman–Crippen LogP) is 2.12. The summed E-state index contributed by atoms with van der Waals surface area (Å²) in [6.45, 7) is 1.58. The number of imidazole rings is 1. The smallest absolute Gasteiger partial charge is 0.306 e. The molecule has 0 saturated carbocycles. The molecule has 4 rings (SSSR count). The van der Waals surface area contributed by atoms with E-state index in [9.17, 15) is 4.79 Å². The molecule has 1 unspecified atom stereocenters. The summed E-state index contributed by atoms with van der Waals surface area (Å²) >= 11 is 6.09. The standard InChI is InChI=1S/C17H16ClN5O3/c18-11-1-2-14-20-8-13(23(14)9-11)17-19-4-3-15(21-17)22-5-6-26-12(10-22)7-16(24)25/h1-4,8-9,12H,5-7,10H2,(H,24,25). The topological polar surface area (TPSA) is 92.8 Å². The second-order valence-electron chi connectivity index (χ2n) is 5.99. The number of fused-ring (bicyclic) bond motifs is 1. The molecule has 8 nitrogen and oxygen atoms in total. The predicted molar refractivity (Wildman–Crippen MR) is 95.4 cm³/mol. The number of nitrogens with zero attached hydrogens (tertiary/aromatic N) is 5. The highest BCUT2D eigenvalue weighted by Crippen LogP contribution is 2.23. The first-order valence-electron chi connectivity index (χ1n) is 8.14. The van der Waals surface area contributed by atoms with Crippen LogP contribution in [0.4, 0.5) is 5.82 Å². The zero-order valence-electron chi connectivity index (χ0n) is 13.7. The van der Waals surface area contributed by atoms with Crippen LogP contribution in [0.2, 0.25) is 5.02 Å². The van der Waals surface area contributed by atoms with E-state index >= 15 is 0 Å². The number of aromatic nitrogens is 4. The van der Waals surface area contributed by atoms with Crippen LogP contribution in [0.15, 0.2) is 36.8 Å². The van der Waals surface area contributed by atoms with Crippen LogP contribution in [0, 0.1) is 0 Å². The fourth-order valence-electron chi connectivity index (χ4n) is 3.01. The van der Waals surface area contributed by atoms with Gasteiger partial charge < -0.3 is 14.7 Å². The largest absolute Gasteiger partial charge is 0.481 e. The number of carbonyl (C=O) groups is 1. The molecule has 4 heterocycles. The van der Waals surface area contributed by atoms with Gasteiger partial charge in [0.1, 0.15) is 17.2 Å². The highest BCUT2D eigenvalue weighted by Gasteiger charge is 2.24. The maximum atomic E-state index is 10.9. The minimum Gasteiger partial charge on any atom is -0.481 e. The summed E-state index contributed by atoms with van der Waals surface area (Å²) in [5, 5.41) is 9.57. The number of rotatable bonds is 4. The fraction of sp³-hybridized carbons (Fsp3) is 0.294. The van der Waals surface area contributed by atoms with E-state index in [1.807, 2.05) is 21.4 Å². The van der Waals surface area contributed by atoms with Crippen molar-refractivity contribution in [1.82, 2.24) is 19.4 Å². The monoisotopic (exact) mass is 373 g/mol. The lowest BCUT2D eigenvalue weighted by atomic mass is 10.2. The molecule has 1 aliphatic heterocycles. The number of hydrogen-bond donors (Lipinski definition) is 1. The van der Waals surface area contributed by atoms with Gasteiger partial charge in [0.2, 0.25) is 0 Å². The normalized spacial score (nSPS) is 17.6. The molecule has 0 spiro atoms. The van der Waals surface area contributed by atoms with Gasteiger partial charge in [-0.2, -0.15) is 0 Å². The van der Waals surface area contributed by atoms with Crippen molar-refractivity contribution in [3.8, 4) is 11.5 Å². The molecule has 26 heavy (non-hydrogen) atoms. The Morgan fingerprint density at radius 1 is 1.35 bits per heavy atom. The van der Waals surface area contributed by atoms with Crippen molar-refractivity contribution in [3.05, 3.63) is 41.8 Å². The molecule has 0 amide bonds. The molecule has 1 saturated heterocycles. The Hall–Kier alpha value is -2.71. The number of halogens is 1. The van der Waals surface area contributed by atoms with Crippen molar-refractivity contribution in [1.29, 1.82) is 0 Å². The average Bonchev–Trinajstić information content (AvgIpc) is 3.04. The van der Waals surface area contributed by atoms with E-state index in [4.69, 9.17) is 21.4 Å². The first kappa shape index (κ1) is 16.7. The van der Waals surface area contributed by atoms with E-state index < -0.39 is 5.97 Å². The van der Waals surface area contributed by atoms with Crippen molar-refractivity contribution in [2.75, 3.05) is 24.6 Å². The van der Waals surface area contributed by atoms with Crippen LogP contribution in [0.3, 0.4) is 0 Å². The maximum absolute atomic E-state index is 10.9. The lowest BCUT2D eigenvalue weighted by Crippen LogP contribution is -2.43. The molecule has 1 atom stereocenters. The number of pyridine rings is 1. The second kappa shape index (κ2) is 6.89. The lowest BCUT2D eigenvalue weighted by molar-refractivity contribution is -0.140. The van der Waals surface area contributed by atoms with E-state index in [-0.39, 0.29) is 12.5 Å². The molecule has 0 bridgehead atoms. The lowest BCUT2D eigenvalue weighted by Gasteiger charge is -2.33. The molecule has 9 heteroatoms. The van der Waals surface area contributed by atoms with Gasteiger partial charge in [-0.3, -0.25) is 9.20 Å². The van der Waals surface area contributed by atoms with Gasteiger partial charge in [0.25, 0.3) is 0 Å². The highest BCUT2D eigenvalue weighted by atomic mass is 35.5. The van der Waals surface area contributed by atoms with E-state index in [1.165, 1.54) is 0 Å². The number of carboxylic acid groups (broad SMARTS) is 1. The quantitative estimate of drug-likeness (QED) is 0.748. The number of aliphatic carboxylic acids is 1. The summed E-state index contributed by atoms with van der Waals surface area (Å²) in [4.78, 5) is 26.3. The Bertz CT molecular complexity index is 960. The summed E-state index contributed by atoms with van der Waals surface area (Å²) in [5.41, 5.74) is 1.49. The molecular formula is C17H16ClN5O3. The third kappa shape index (κ3) is 3.33. The Morgan fingerprint density at radius 3 is 3.08 bits per heavy atom. The van der Waals surface area contributed by atoms with Gasteiger partial charge >= 0.3 is 5.97 Å².